The molecule has 1 saturated carbocycles. The molecule has 9 heteroatoms. The van der Waals surface area contributed by atoms with Crippen molar-refractivity contribution in [2.24, 2.45) is 5.92 Å². The Morgan fingerprint density at radius 3 is 2.67 bits per heavy atom. The molecular weight excluding hydrogens is 546 g/mol. The largest absolute Gasteiger partial charge is 0.508 e. The number of carbonyl (C=O) groups is 1. The van der Waals surface area contributed by atoms with Gasteiger partial charge in [-0.05, 0) is 84.3 Å². The van der Waals surface area contributed by atoms with Gasteiger partial charge in [-0.2, -0.15) is 0 Å². The zero-order valence-electron chi connectivity index (χ0n) is 22.9. The Balaban J connectivity index is 1.61. The Morgan fingerprint density at radius 1 is 1.07 bits per heavy atom. The van der Waals surface area contributed by atoms with Crippen molar-refractivity contribution in [3.63, 3.8) is 0 Å². The SMILES string of the molecule is CNCO[C@@H]1CC(=O)CCc2ccc(O)c(OC)c2-c2ccc3ccc(O)cc3c2CSS[C@@H]2CC[C@H]1C[C@H]2O. The van der Waals surface area contributed by atoms with Gasteiger partial charge in [-0.15, -0.1) is 0 Å². The van der Waals surface area contributed by atoms with Crippen LogP contribution in [0, 0.1) is 5.92 Å². The van der Waals surface area contributed by atoms with Gasteiger partial charge >= 0.3 is 0 Å². The highest BCUT2D eigenvalue weighted by molar-refractivity contribution is 8.76. The number of ether oxygens (including phenoxy) is 2. The number of methoxy groups -OCH3 is 1. The van der Waals surface area contributed by atoms with E-state index in [0.29, 0.717) is 43.9 Å². The number of carbonyl (C=O) groups excluding carboxylic acids is 1. The third kappa shape index (κ3) is 6.24. The summed E-state index contributed by atoms with van der Waals surface area (Å²) in [5, 5.41) is 37.2. The smallest absolute Gasteiger partial charge is 0.168 e. The van der Waals surface area contributed by atoms with Crippen molar-refractivity contribution in [2.45, 2.75) is 61.7 Å². The van der Waals surface area contributed by atoms with Crippen LogP contribution < -0.4 is 10.1 Å². The van der Waals surface area contributed by atoms with E-state index in [2.05, 4.69) is 5.32 Å². The molecule has 4 atom stereocenters. The molecule has 2 aliphatic heterocycles. The van der Waals surface area contributed by atoms with Crippen molar-refractivity contribution in [1.29, 1.82) is 0 Å². The number of aryl methyl sites for hydroxylation is 1. The van der Waals surface area contributed by atoms with Crippen molar-refractivity contribution in [1.82, 2.24) is 5.32 Å². The molecule has 1 aliphatic carbocycles. The van der Waals surface area contributed by atoms with E-state index in [1.165, 1.54) is 0 Å². The fraction of sp³-hybridized carbons (Fsp3) is 0.452. The number of aliphatic hydroxyl groups is 1. The molecule has 0 unspecified atom stereocenters. The van der Waals surface area contributed by atoms with Crippen LogP contribution in [0.1, 0.15) is 43.2 Å². The number of nitrogens with one attached hydrogen (secondary N) is 1. The molecule has 0 spiro atoms. The molecule has 214 valence electrons. The monoisotopic (exact) mass is 583 g/mol. The molecule has 0 amide bonds. The summed E-state index contributed by atoms with van der Waals surface area (Å²) >= 11 is 0. The molecule has 2 heterocycles. The maximum absolute atomic E-state index is 13.3. The van der Waals surface area contributed by atoms with Crippen LogP contribution in [-0.2, 0) is 21.7 Å². The van der Waals surface area contributed by atoms with Crippen LogP contribution in [0.25, 0.3) is 21.9 Å². The lowest BCUT2D eigenvalue weighted by molar-refractivity contribution is -0.124. The number of hydrogen-bond acceptors (Lipinski definition) is 9. The number of fused-ring (bicyclic) bond motifs is 9. The number of aromatic hydroxyl groups is 2. The lowest BCUT2D eigenvalue weighted by Crippen LogP contribution is -2.39. The predicted octanol–water partition coefficient (Wildman–Crippen LogP) is 5.81. The van der Waals surface area contributed by atoms with Gasteiger partial charge in [0.05, 0.1) is 26.0 Å². The van der Waals surface area contributed by atoms with Crippen LogP contribution in [0.4, 0.5) is 0 Å². The van der Waals surface area contributed by atoms with Crippen LogP contribution in [0.2, 0.25) is 0 Å². The number of phenols is 2. The number of benzene rings is 3. The summed E-state index contributed by atoms with van der Waals surface area (Å²) in [4.78, 5) is 13.3. The molecule has 7 nitrogen and oxygen atoms in total. The van der Waals surface area contributed by atoms with Gasteiger partial charge in [0.1, 0.15) is 11.5 Å². The molecule has 3 aromatic rings. The van der Waals surface area contributed by atoms with E-state index < -0.39 is 6.10 Å². The predicted molar refractivity (Wildman–Crippen MR) is 162 cm³/mol. The fourth-order valence-electron chi connectivity index (χ4n) is 6.02. The minimum absolute atomic E-state index is 0.0342. The van der Waals surface area contributed by atoms with E-state index >= 15 is 0 Å². The van der Waals surface area contributed by atoms with Crippen molar-refractivity contribution >= 4 is 38.1 Å². The molecule has 0 saturated heterocycles. The van der Waals surface area contributed by atoms with Crippen LogP contribution >= 0.6 is 21.6 Å². The number of ketones is 1. The van der Waals surface area contributed by atoms with Gasteiger partial charge in [0, 0.05) is 29.4 Å². The van der Waals surface area contributed by atoms with Gasteiger partial charge in [0.15, 0.2) is 11.5 Å². The highest BCUT2D eigenvalue weighted by atomic mass is 33.1. The van der Waals surface area contributed by atoms with Crippen molar-refractivity contribution in [2.75, 3.05) is 20.9 Å². The maximum atomic E-state index is 13.3. The summed E-state index contributed by atoms with van der Waals surface area (Å²) < 4.78 is 11.8. The molecule has 3 aliphatic rings. The topological polar surface area (TPSA) is 108 Å². The summed E-state index contributed by atoms with van der Waals surface area (Å²) in [6, 6.07) is 12.9. The summed E-state index contributed by atoms with van der Waals surface area (Å²) in [7, 11) is 6.75. The highest BCUT2D eigenvalue weighted by Gasteiger charge is 2.35. The molecule has 2 bridgehead atoms. The van der Waals surface area contributed by atoms with E-state index in [4.69, 9.17) is 9.47 Å². The van der Waals surface area contributed by atoms with Gasteiger partial charge in [-0.25, -0.2) is 0 Å². The van der Waals surface area contributed by atoms with Gasteiger partial charge in [0.2, 0.25) is 0 Å². The van der Waals surface area contributed by atoms with Gasteiger partial charge < -0.3 is 24.8 Å². The fourth-order valence-corrected chi connectivity index (χ4v) is 8.91. The normalized spacial score (nSPS) is 24.0. The molecule has 40 heavy (non-hydrogen) atoms. The summed E-state index contributed by atoms with van der Waals surface area (Å²) in [6.45, 7) is 0.359. The molecule has 0 aromatic heterocycles. The third-order valence-electron chi connectivity index (χ3n) is 8.07. The van der Waals surface area contributed by atoms with Gasteiger partial charge in [0.25, 0.3) is 0 Å². The molecule has 3 aromatic carbocycles. The number of rotatable bonds is 4. The van der Waals surface area contributed by atoms with E-state index in [1.807, 2.05) is 31.3 Å². The van der Waals surface area contributed by atoms with Crippen LogP contribution in [0.5, 0.6) is 17.2 Å². The number of phenolic OH excluding ortho intramolecular Hbond substituents is 2. The lowest BCUT2D eigenvalue weighted by Gasteiger charge is -2.36. The average Bonchev–Trinajstić information content (AvgIpc) is 2.94. The Bertz CT molecular complexity index is 1370. The zero-order valence-corrected chi connectivity index (χ0v) is 24.5. The van der Waals surface area contributed by atoms with Crippen molar-refractivity contribution in [3.05, 3.63) is 53.6 Å². The second kappa shape index (κ2) is 13.0. The first-order valence-electron chi connectivity index (χ1n) is 13.8. The molecule has 0 radical (unpaired) electrons. The van der Waals surface area contributed by atoms with Crippen LogP contribution in [0.15, 0.2) is 42.5 Å². The first-order chi connectivity index (χ1) is 19.4. The van der Waals surface area contributed by atoms with Crippen molar-refractivity contribution < 1.29 is 29.6 Å². The minimum atomic E-state index is -0.478. The first kappa shape index (κ1) is 29.1. The quantitative estimate of drug-likeness (QED) is 0.224. The number of hydrogen-bond donors (Lipinski definition) is 4. The molecule has 4 N–H and O–H groups in total. The minimum Gasteiger partial charge on any atom is -0.508 e. The lowest BCUT2D eigenvalue weighted by atomic mass is 9.81. The van der Waals surface area contributed by atoms with E-state index in [9.17, 15) is 20.1 Å². The summed E-state index contributed by atoms with van der Waals surface area (Å²) in [5.74, 6) is 1.44. The maximum Gasteiger partial charge on any atom is 0.168 e. The van der Waals surface area contributed by atoms with Gasteiger partial charge in [-0.1, -0.05) is 45.9 Å². The zero-order chi connectivity index (χ0) is 28.2. The third-order valence-corrected chi connectivity index (χ3v) is 10.9. The molecular formula is C31H37NO6S2. The Labute approximate surface area is 243 Å². The van der Waals surface area contributed by atoms with Crippen LogP contribution in [-0.4, -0.2) is 59.4 Å². The summed E-state index contributed by atoms with van der Waals surface area (Å²) in [6.07, 6.45) is 2.77. The van der Waals surface area contributed by atoms with Gasteiger partial charge in [-0.3, -0.25) is 10.1 Å². The molecule has 1 fully saturated rings. The Kier molecular flexibility index (Phi) is 9.48. The standard InChI is InChI=1S/C31H37NO6S2/c1-32-17-38-28-15-22(34)9-4-19-6-11-26(35)31(37-2)30(19)23-10-5-18-3-8-21(33)14-24(18)25(23)16-39-40-29-12-7-20(28)13-27(29)36/h3,5-6,8,10-11,14,20,27-29,32-33,35-36H,4,7,9,12-13,15-17H2,1-2H3/t20-,27+,28+,29+/m0/s1. The Hall–Kier alpha value is -2.43. The summed E-state index contributed by atoms with van der Waals surface area (Å²) in [5.41, 5.74) is 3.59. The van der Waals surface area contributed by atoms with Crippen LogP contribution in [0.3, 0.4) is 0 Å². The van der Waals surface area contributed by atoms with E-state index in [-0.39, 0.29) is 34.6 Å². The average molecular weight is 584 g/mol. The Morgan fingerprint density at radius 2 is 1.90 bits per heavy atom. The second-order valence-corrected chi connectivity index (χ2v) is 13.2. The van der Waals surface area contributed by atoms with E-state index in [1.54, 1.807) is 46.9 Å². The molecule has 6 rings (SSSR count). The number of aliphatic hydroxyl groups excluding tert-OH is 1. The first-order valence-corrected chi connectivity index (χ1v) is 16.2. The highest BCUT2D eigenvalue weighted by Crippen LogP contribution is 2.47. The second-order valence-electron chi connectivity index (χ2n) is 10.6. The van der Waals surface area contributed by atoms with E-state index in [0.717, 1.165) is 45.9 Å². The number of Topliss-reactive ketones (excluding diaryl/α,β-unsaturated/α-hetero) is 1. The van der Waals surface area contributed by atoms with Crippen molar-refractivity contribution in [3.8, 4) is 28.4 Å².